The second-order valence-electron chi connectivity index (χ2n) is 3.21. The van der Waals surface area contributed by atoms with Gasteiger partial charge >= 0.3 is 0 Å². The Morgan fingerprint density at radius 3 is 2.77 bits per heavy atom. The zero-order valence-corrected chi connectivity index (χ0v) is 7.87. The van der Waals surface area contributed by atoms with Gasteiger partial charge in [-0.2, -0.15) is 10.3 Å². The first-order valence-electron chi connectivity index (χ1n) is 3.91. The highest BCUT2D eigenvalue weighted by Gasteiger charge is 2.37. The monoisotopic (exact) mass is 181 g/mol. The first kappa shape index (κ1) is 9.52. The van der Waals surface area contributed by atoms with Crippen LogP contribution in [0.5, 0.6) is 0 Å². The average molecular weight is 181 g/mol. The van der Waals surface area contributed by atoms with Gasteiger partial charge in [-0.15, -0.1) is 5.10 Å². The summed E-state index contributed by atoms with van der Waals surface area (Å²) >= 11 is 0. The zero-order chi connectivity index (χ0) is 10.1. The smallest absolute Gasteiger partial charge is 0.243 e. The maximum atomic E-state index is 11.1. The maximum absolute atomic E-state index is 11.1. The second-order valence-corrected chi connectivity index (χ2v) is 3.21. The summed E-state index contributed by atoms with van der Waals surface area (Å²) in [6.07, 6.45) is 0.0905. The van der Waals surface area contributed by atoms with Crippen LogP contribution in [0, 0.1) is 11.3 Å². The van der Waals surface area contributed by atoms with Crippen molar-refractivity contribution >= 4 is 11.8 Å². The van der Waals surface area contributed by atoms with Crippen LogP contribution in [-0.4, -0.2) is 22.5 Å². The highest BCUT2D eigenvalue weighted by atomic mass is 16.5. The molecule has 0 N–H and O–H groups in total. The number of nitrogens with zero attached hydrogens (tertiary/aromatic N) is 3. The van der Waals surface area contributed by atoms with E-state index in [0.29, 0.717) is 5.90 Å². The van der Waals surface area contributed by atoms with E-state index in [1.165, 1.54) is 11.9 Å². The van der Waals surface area contributed by atoms with Crippen LogP contribution in [-0.2, 0) is 9.53 Å². The lowest BCUT2D eigenvalue weighted by molar-refractivity contribution is -0.142. The molecule has 0 aromatic heterocycles. The summed E-state index contributed by atoms with van der Waals surface area (Å²) in [4.78, 5) is 11.1. The molecule has 1 amide bonds. The molecule has 1 aliphatic heterocycles. The molecule has 1 rings (SSSR count). The molecule has 0 bridgehead atoms. The Morgan fingerprint density at radius 1 is 1.77 bits per heavy atom. The summed E-state index contributed by atoms with van der Waals surface area (Å²) in [5.41, 5.74) is -0.766. The SMILES string of the molecule is CC(=O)N1N=C(CC#N)OC1(C)C. The Labute approximate surface area is 76.6 Å². The van der Waals surface area contributed by atoms with E-state index in [-0.39, 0.29) is 12.3 Å². The van der Waals surface area contributed by atoms with Crippen LogP contribution in [0.2, 0.25) is 0 Å². The van der Waals surface area contributed by atoms with Gasteiger partial charge in [0.1, 0.15) is 6.42 Å². The number of hydrogen-bond acceptors (Lipinski definition) is 4. The Bertz CT molecular complexity index is 301. The Morgan fingerprint density at radius 2 is 2.38 bits per heavy atom. The molecule has 0 saturated heterocycles. The van der Waals surface area contributed by atoms with Crippen LogP contribution in [0.3, 0.4) is 0 Å². The lowest BCUT2D eigenvalue weighted by Gasteiger charge is -2.25. The summed E-state index contributed by atoms with van der Waals surface area (Å²) in [5, 5.41) is 13.5. The molecular formula is C8H11N3O2. The number of rotatable bonds is 1. The number of amides is 1. The van der Waals surface area contributed by atoms with Crippen LogP contribution >= 0.6 is 0 Å². The zero-order valence-electron chi connectivity index (χ0n) is 7.87. The molecule has 0 radical (unpaired) electrons. The van der Waals surface area contributed by atoms with Crippen molar-refractivity contribution in [2.24, 2.45) is 5.10 Å². The van der Waals surface area contributed by atoms with Gasteiger partial charge in [-0.3, -0.25) is 4.79 Å². The van der Waals surface area contributed by atoms with Crippen molar-refractivity contribution in [3.05, 3.63) is 0 Å². The Kier molecular flexibility index (Phi) is 2.24. The van der Waals surface area contributed by atoms with E-state index < -0.39 is 5.72 Å². The molecule has 0 aromatic rings. The van der Waals surface area contributed by atoms with Gasteiger partial charge in [0.2, 0.25) is 17.5 Å². The quantitative estimate of drug-likeness (QED) is 0.601. The molecule has 0 unspecified atom stereocenters. The lowest BCUT2D eigenvalue weighted by atomic mass is 10.3. The summed E-state index contributed by atoms with van der Waals surface area (Å²) in [6, 6.07) is 1.91. The minimum atomic E-state index is -0.766. The molecule has 0 atom stereocenters. The van der Waals surface area contributed by atoms with Crippen LogP contribution in [0.4, 0.5) is 0 Å². The molecule has 70 valence electrons. The van der Waals surface area contributed by atoms with Gasteiger partial charge in [0.15, 0.2) is 0 Å². The molecule has 1 heterocycles. The second kappa shape index (κ2) is 3.05. The molecular weight excluding hydrogens is 170 g/mol. The molecule has 0 fully saturated rings. The van der Waals surface area contributed by atoms with Gasteiger partial charge in [-0.1, -0.05) is 0 Å². The van der Waals surface area contributed by atoms with Crippen LogP contribution in [0.1, 0.15) is 27.2 Å². The molecule has 5 nitrogen and oxygen atoms in total. The van der Waals surface area contributed by atoms with Gasteiger partial charge in [0.05, 0.1) is 6.07 Å². The van der Waals surface area contributed by atoms with Gasteiger partial charge in [-0.25, -0.2) is 0 Å². The number of nitriles is 1. The van der Waals surface area contributed by atoms with Gasteiger partial charge in [-0.05, 0) is 13.8 Å². The van der Waals surface area contributed by atoms with Crippen molar-refractivity contribution < 1.29 is 9.53 Å². The van der Waals surface area contributed by atoms with E-state index in [4.69, 9.17) is 10.00 Å². The largest absolute Gasteiger partial charge is 0.451 e. The van der Waals surface area contributed by atoms with E-state index >= 15 is 0 Å². The normalized spacial score (nSPS) is 18.9. The van der Waals surface area contributed by atoms with Crippen molar-refractivity contribution in [3.63, 3.8) is 0 Å². The number of ether oxygens (including phenoxy) is 1. The fourth-order valence-electron chi connectivity index (χ4n) is 1.17. The number of carbonyl (C=O) groups excluding carboxylic acids is 1. The van der Waals surface area contributed by atoms with Crippen molar-refractivity contribution in [2.75, 3.05) is 0 Å². The Hall–Kier alpha value is -1.57. The van der Waals surface area contributed by atoms with Crippen molar-refractivity contribution in [1.29, 1.82) is 5.26 Å². The first-order valence-corrected chi connectivity index (χ1v) is 3.91. The third kappa shape index (κ3) is 1.78. The van der Waals surface area contributed by atoms with E-state index in [0.717, 1.165) is 0 Å². The fourth-order valence-corrected chi connectivity index (χ4v) is 1.17. The average Bonchev–Trinajstić information content (AvgIpc) is 2.26. The fraction of sp³-hybridized carbons (Fsp3) is 0.625. The number of hydrazone groups is 1. The third-order valence-electron chi connectivity index (χ3n) is 1.62. The standard InChI is InChI=1S/C8H11N3O2/c1-6(12)11-8(2,3)13-7(10-11)4-5-9/h4H2,1-3H3. The molecule has 5 heteroatoms. The summed E-state index contributed by atoms with van der Waals surface area (Å²) in [5.74, 6) is 0.0978. The van der Waals surface area contributed by atoms with E-state index in [1.807, 2.05) is 6.07 Å². The molecule has 0 saturated carbocycles. The first-order chi connectivity index (χ1) is 5.97. The lowest BCUT2D eigenvalue weighted by Crippen LogP contribution is -2.40. The maximum Gasteiger partial charge on any atom is 0.243 e. The summed E-state index contributed by atoms with van der Waals surface area (Å²) < 4.78 is 5.30. The Balaban J connectivity index is 2.84. The molecule has 0 spiro atoms. The molecule has 13 heavy (non-hydrogen) atoms. The minimum Gasteiger partial charge on any atom is -0.451 e. The highest BCUT2D eigenvalue weighted by molar-refractivity contribution is 5.84. The van der Waals surface area contributed by atoms with Crippen LogP contribution in [0.25, 0.3) is 0 Å². The topological polar surface area (TPSA) is 65.7 Å². The predicted octanol–water partition coefficient (Wildman–Crippen LogP) is 0.828. The predicted molar refractivity (Wildman–Crippen MR) is 45.3 cm³/mol. The number of hydrogen-bond donors (Lipinski definition) is 0. The van der Waals surface area contributed by atoms with E-state index in [1.54, 1.807) is 13.8 Å². The molecule has 1 aliphatic rings. The van der Waals surface area contributed by atoms with Crippen LogP contribution in [0.15, 0.2) is 5.10 Å². The highest BCUT2D eigenvalue weighted by Crippen LogP contribution is 2.24. The van der Waals surface area contributed by atoms with Crippen molar-refractivity contribution in [3.8, 4) is 6.07 Å². The molecule has 0 aliphatic carbocycles. The van der Waals surface area contributed by atoms with Crippen LogP contribution < -0.4 is 0 Å². The van der Waals surface area contributed by atoms with Gasteiger partial charge in [0, 0.05) is 6.92 Å². The summed E-state index contributed by atoms with van der Waals surface area (Å²) in [6.45, 7) is 4.86. The van der Waals surface area contributed by atoms with Gasteiger partial charge in [0.25, 0.3) is 0 Å². The van der Waals surface area contributed by atoms with Crippen molar-refractivity contribution in [1.82, 2.24) is 5.01 Å². The van der Waals surface area contributed by atoms with Crippen molar-refractivity contribution in [2.45, 2.75) is 32.9 Å². The third-order valence-corrected chi connectivity index (χ3v) is 1.62. The van der Waals surface area contributed by atoms with E-state index in [9.17, 15) is 4.79 Å². The molecule has 0 aromatic carbocycles. The minimum absolute atomic E-state index is 0.0905. The van der Waals surface area contributed by atoms with E-state index in [2.05, 4.69) is 5.10 Å². The van der Waals surface area contributed by atoms with Gasteiger partial charge < -0.3 is 4.74 Å². The number of carbonyl (C=O) groups is 1. The summed E-state index contributed by atoms with van der Waals surface area (Å²) in [7, 11) is 0.